The zero-order valence-corrected chi connectivity index (χ0v) is 26.0. The standard InChI is InChI=1S/C46H26OS/c1-2-9-27(10-3-1)32-21-17-28-20-24-35-33(22-18-29-19-23-34(32)42(28)43(29)35)30-11-8-12-31(25-30)38-26-41-44(37-14-5-7-16-40(37)48-41)45-36-13-4-6-15-39(36)47-46(38)45/h1-26H/i17D,18D,19D,20D,21D,22D,23D,24D. The molecule has 2 aromatic heterocycles. The van der Waals surface area contributed by atoms with Gasteiger partial charge in [0.05, 0.1) is 11.0 Å². The first-order valence-electron chi connectivity index (χ1n) is 19.8. The van der Waals surface area contributed by atoms with Crippen LogP contribution in [-0.4, -0.2) is 0 Å². The Balaban J connectivity index is 1.26. The van der Waals surface area contributed by atoms with E-state index < -0.39 is 0 Å². The second kappa shape index (κ2) is 9.78. The molecule has 2 heteroatoms. The summed E-state index contributed by atoms with van der Waals surface area (Å²) in [7, 11) is 0. The molecule has 2 heterocycles. The van der Waals surface area contributed by atoms with E-state index in [1.54, 1.807) is 35.6 Å². The van der Waals surface area contributed by atoms with E-state index in [9.17, 15) is 8.22 Å². The van der Waals surface area contributed by atoms with Gasteiger partial charge in [-0.25, -0.2) is 0 Å². The van der Waals surface area contributed by atoms with Gasteiger partial charge in [0.1, 0.15) is 11.2 Å². The number of thiophene rings is 1. The molecule has 0 fully saturated rings. The number of benzene rings is 9. The van der Waals surface area contributed by atoms with Gasteiger partial charge >= 0.3 is 0 Å². The summed E-state index contributed by atoms with van der Waals surface area (Å²) >= 11 is 1.71. The fourth-order valence-electron chi connectivity index (χ4n) is 7.39. The van der Waals surface area contributed by atoms with E-state index in [0.717, 1.165) is 53.2 Å². The number of rotatable bonds is 3. The van der Waals surface area contributed by atoms with Crippen LogP contribution in [0.2, 0.25) is 0 Å². The van der Waals surface area contributed by atoms with Gasteiger partial charge < -0.3 is 4.42 Å². The Kier molecular flexibility index (Phi) is 4.00. The largest absolute Gasteiger partial charge is 0.455 e. The van der Waals surface area contributed by atoms with Gasteiger partial charge in [-0.05, 0) is 84.4 Å². The summed E-state index contributed by atoms with van der Waals surface area (Å²) in [4.78, 5) is 0. The Bertz CT molecular complexity index is 3510. The summed E-state index contributed by atoms with van der Waals surface area (Å²) in [6.45, 7) is 0. The van der Waals surface area contributed by atoms with Gasteiger partial charge in [-0.3, -0.25) is 0 Å². The molecule has 0 unspecified atom stereocenters. The normalized spacial score (nSPS) is 14.5. The van der Waals surface area contributed by atoms with Crippen molar-refractivity contribution in [2.24, 2.45) is 0 Å². The minimum Gasteiger partial charge on any atom is -0.455 e. The lowest BCUT2D eigenvalue weighted by atomic mass is 9.87. The van der Waals surface area contributed by atoms with Crippen LogP contribution in [0.3, 0.4) is 0 Å². The molecule has 0 N–H and O–H groups in total. The van der Waals surface area contributed by atoms with E-state index in [1.165, 1.54) is 0 Å². The Hall–Kier alpha value is -5.96. The second-order valence-corrected chi connectivity index (χ2v) is 13.2. The highest BCUT2D eigenvalue weighted by atomic mass is 32.1. The zero-order chi connectivity index (χ0) is 38.3. The van der Waals surface area contributed by atoms with Gasteiger partial charge in [-0.15, -0.1) is 11.3 Å². The number of fused-ring (bicyclic) bond motifs is 7. The quantitative estimate of drug-likeness (QED) is 0.176. The summed E-state index contributed by atoms with van der Waals surface area (Å²) < 4.78 is 83.0. The van der Waals surface area contributed by atoms with Crippen molar-refractivity contribution in [2.75, 3.05) is 0 Å². The van der Waals surface area contributed by atoms with Crippen LogP contribution in [-0.2, 0) is 0 Å². The molecule has 11 rings (SSSR count). The summed E-state index contributed by atoms with van der Waals surface area (Å²) in [6.07, 6.45) is 0. The van der Waals surface area contributed by atoms with Crippen LogP contribution >= 0.6 is 11.3 Å². The molecule has 0 radical (unpaired) electrons. The van der Waals surface area contributed by atoms with Crippen LogP contribution in [0.5, 0.6) is 0 Å². The number of hydrogen-bond donors (Lipinski definition) is 0. The summed E-state index contributed by atoms with van der Waals surface area (Å²) in [5.74, 6) is 0. The number of hydrogen-bond acceptors (Lipinski definition) is 2. The highest BCUT2D eigenvalue weighted by Gasteiger charge is 2.20. The highest BCUT2D eigenvalue weighted by molar-refractivity contribution is 7.26. The molecule has 0 saturated carbocycles. The Morgan fingerprint density at radius 2 is 1.02 bits per heavy atom. The van der Waals surface area contributed by atoms with Crippen LogP contribution in [0.15, 0.2) is 162 Å². The topological polar surface area (TPSA) is 13.1 Å². The first kappa shape index (κ1) is 19.6. The lowest BCUT2D eigenvalue weighted by Crippen LogP contribution is -1.90. The lowest BCUT2D eigenvalue weighted by molar-refractivity contribution is 0.670. The van der Waals surface area contributed by atoms with Crippen molar-refractivity contribution in [3.8, 4) is 33.4 Å². The summed E-state index contributed by atoms with van der Waals surface area (Å²) in [5.41, 5.74) is 4.81. The van der Waals surface area contributed by atoms with Gasteiger partial charge in [-0.2, -0.15) is 0 Å². The van der Waals surface area contributed by atoms with Crippen molar-refractivity contribution < 1.29 is 15.4 Å². The molecule has 0 aliphatic carbocycles. The molecule has 0 atom stereocenters. The van der Waals surface area contributed by atoms with E-state index in [4.69, 9.17) is 7.16 Å². The molecule has 222 valence electrons. The molecular weight excluding hydrogens is 601 g/mol. The third-order valence-electron chi connectivity index (χ3n) is 9.51. The molecule has 0 aliphatic rings. The molecular formula is C46H26OS. The van der Waals surface area contributed by atoms with Crippen LogP contribution in [0, 0.1) is 0 Å². The maximum atomic E-state index is 9.44. The maximum absolute atomic E-state index is 9.44. The highest BCUT2D eigenvalue weighted by Crippen LogP contribution is 2.47. The molecule has 0 spiro atoms. The lowest BCUT2D eigenvalue weighted by Gasteiger charge is -2.17. The average Bonchev–Trinajstić information content (AvgIpc) is 3.79. The van der Waals surface area contributed by atoms with Crippen molar-refractivity contribution in [3.05, 3.63) is 158 Å². The van der Waals surface area contributed by atoms with Crippen molar-refractivity contribution in [3.63, 3.8) is 0 Å². The first-order chi connectivity index (χ1) is 27.2. The van der Waals surface area contributed by atoms with E-state index >= 15 is 0 Å². The smallest absolute Gasteiger partial charge is 0.143 e. The first-order valence-corrected chi connectivity index (χ1v) is 16.6. The van der Waals surface area contributed by atoms with Crippen molar-refractivity contribution in [1.29, 1.82) is 0 Å². The van der Waals surface area contributed by atoms with Gasteiger partial charge in [0.2, 0.25) is 0 Å². The fraction of sp³-hybridized carbons (Fsp3) is 0. The number of furan rings is 1. The molecule has 0 saturated heterocycles. The predicted molar refractivity (Wildman–Crippen MR) is 207 cm³/mol. The van der Waals surface area contributed by atoms with Crippen molar-refractivity contribution in [1.82, 2.24) is 0 Å². The summed E-state index contributed by atoms with van der Waals surface area (Å²) in [6, 6.07) is 33.1. The van der Waals surface area contributed by atoms with Crippen molar-refractivity contribution >= 4 is 85.8 Å². The van der Waals surface area contributed by atoms with E-state index in [1.807, 2.05) is 60.7 Å². The molecule has 48 heavy (non-hydrogen) atoms. The molecule has 0 bridgehead atoms. The number of para-hydroxylation sites is 1. The molecule has 0 amide bonds. The predicted octanol–water partition coefficient (Wildman–Crippen LogP) is 13.9. The molecule has 0 aliphatic heterocycles. The Labute approximate surface area is 291 Å². The molecule has 9 aromatic carbocycles. The van der Waals surface area contributed by atoms with Crippen LogP contribution < -0.4 is 0 Å². The van der Waals surface area contributed by atoms with Crippen molar-refractivity contribution in [2.45, 2.75) is 0 Å². The zero-order valence-electron chi connectivity index (χ0n) is 33.2. The summed E-state index contributed by atoms with van der Waals surface area (Å²) in [5, 5.41) is 5.38. The Morgan fingerprint density at radius 3 is 1.79 bits per heavy atom. The van der Waals surface area contributed by atoms with E-state index in [0.29, 0.717) is 22.1 Å². The third kappa shape index (κ3) is 3.61. The third-order valence-corrected chi connectivity index (χ3v) is 10.6. The SMILES string of the molecule is [2H]c1c([2H])c2c([2H])c([2H])c3c(-c4cccc(-c5cc6sc7ccccc7c6c6c5oc5ccccc56)c4)c([2H])c([2H])c4c([2H])c([2H])c(c1-c1ccccc1)c2c43. The van der Waals surface area contributed by atoms with Crippen LogP contribution in [0.1, 0.15) is 11.0 Å². The second-order valence-electron chi connectivity index (χ2n) is 12.1. The van der Waals surface area contributed by atoms with Gasteiger partial charge in [0, 0.05) is 36.5 Å². The molecule has 11 aromatic rings. The maximum Gasteiger partial charge on any atom is 0.143 e. The monoisotopic (exact) mass is 634 g/mol. The van der Waals surface area contributed by atoms with E-state index in [2.05, 4.69) is 24.3 Å². The minimum absolute atomic E-state index is 0.0243. The van der Waals surface area contributed by atoms with Gasteiger partial charge in [0.15, 0.2) is 0 Å². The van der Waals surface area contributed by atoms with Gasteiger partial charge in [0.25, 0.3) is 0 Å². The average molecular weight is 635 g/mol. The van der Waals surface area contributed by atoms with E-state index in [-0.39, 0.29) is 80.8 Å². The van der Waals surface area contributed by atoms with Crippen LogP contribution in [0.25, 0.3) is 108 Å². The fourth-order valence-corrected chi connectivity index (χ4v) is 8.54. The van der Waals surface area contributed by atoms with Crippen LogP contribution in [0.4, 0.5) is 0 Å². The minimum atomic E-state index is -0.298. The Morgan fingerprint density at radius 1 is 0.417 bits per heavy atom. The molecule has 1 nitrogen and oxygen atoms in total. The van der Waals surface area contributed by atoms with Gasteiger partial charge in [-0.1, -0.05) is 133 Å².